The molecule has 2 N–H and O–H groups in total. The third-order valence-corrected chi connectivity index (χ3v) is 4.32. The second kappa shape index (κ2) is 8.12. The number of thioether (sulfide) groups is 1. The standard InChI is InChI=1S/C15H22N2O3S/c1-21-10-8-12(14(18)16-11-5-2-3-6-11)17-15(19)13-7-4-9-20-13/h4,7,9,11-12H,2-3,5-6,8,10H2,1H3,(H,16,18)(H,17,19)/t12-/m1/s1. The van der Waals surface area contributed by atoms with Gasteiger partial charge in [0.05, 0.1) is 6.26 Å². The molecule has 6 heteroatoms. The third kappa shape index (κ3) is 4.81. The molecule has 1 aliphatic rings. The number of rotatable bonds is 7. The first-order chi connectivity index (χ1) is 10.2. The van der Waals surface area contributed by atoms with E-state index in [9.17, 15) is 9.59 Å². The Balaban J connectivity index is 1.92. The van der Waals surface area contributed by atoms with E-state index < -0.39 is 6.04 Å². The molecule has 0 unspecified atom stereocenters. The summed E-state index contributed by atoms with van der Waals surface area (Å²) in [7, 11) is 0. The predicted octanol–water partition coefficient (Wildman–Crippen LogP) is 2.19. The highest BCUT2D eigenvalue weighted by atomic mass is 32.2. The summed E-state index contributed by atoms with van der Waals surface area (Å²) in [6.07, 6.45) is 8.45. The van der Waals surface area contributed by atoms with Crippen LogP contribution in [0, 0.1) is 0 Å². The molecular weight excluding hydrogens is 288 g/mol. The SMILES string of the molecule is CSCC[C@@H](NC(=O)c1ccco1)C(=O)NC1CCCC1. The van der Waals surface area contributed by atoms with Crippen LogP contribution >= 0.6 is 11.8 Å². The van der Waals surface area contributed by atoms with Gasteiger partial charge in [0, 0.05) is 6.04 Å². The van der Waals surface area contributed by atoms with Crippen LogP contribution < -0.4 is 10.6 Å². The Morgan fingerprint density at radius 2 is 2.19 bits per heavy atom. The van der Waals surface area contributed by atoms with Crippen LogP contribution in [-0.2, 0) is 4.79 Å². The quantitative estimate of drug-likeness (QED) is 0.810. The molecular formula is C15H22N2O3S. The molecule has 1 heterocycles. The van der Waals surface area contributed by atoms with Crippen molar-refractivity contribution in [2.45, 2.75) is 44.2 Å². The molecule has 21 heavy (non-hydrogen) atoms. The number of furan rings is 1. The summed E-state index contributed by atoms with van der Waals surface area (Å²) < 4.78 is 5.06. The molecule has 1 aromatic heterocycles. The average molecular weight is 310 g/mol. The molecule has 0 radical (unpaired) electrons. The van der Waals surface area contributed by atoms with E-state index in [0.29, 0.717) is 6.42 Å². The van der Waals surface area contributed by atoms with Gasteiger partial charge in [0.25, 0.3) is 5.91 Å². The smallest absolute Gasteiger partial charge is 0.287 e. The Morgan fingerprint density at radius 3 is 2.81 bits per heavy atom. The van der Waals surface area contributed by atoms with Crippen LogP contribution in [0.3, 0.4) is 0 Å². The second-order valence-corrected chi connectivity index (χ2v) is 6.26. The first-order valence-electron chi connectivity index (χ1n) is 7.34. The fraction of sp³-hybridized carbons (Fsp3) is 0.600. The van der Waals surface area contributed by atoms with Crippen molar-refractivity contribution in [3.05, 3.63) is 24.2 Å². The van der Waals surface area contributed by atoms with Crippen LogP contribution in [-0.4, -0.2) is 35.9 Å². The zero-order chi connectivity index (χ0) is 15.1. The molecule has 1 aliphatic carbocycles. The summed E-state index contributed by atoms with van der Waals surface area (Å²) in [5, 5.41) is 5.81. The van der Waals surface area contributed by atoms with E-state index in [1.54, 1.807) is 23.9 Å². The number of hydrogen-bond donors (Lipinski definition) is 2. The zero-order valence-electron chi connectivity index (χ0n) is 12.3. The fourth-order valence-corrected chi connectivity index (χ4v) is 2.98. The lowest BCUT2D eigenvalue weighted by Gasteiger charge is -2.20. The van der Waals surface area contributed by atoms with E-state index in [0.717, 1.165) is 18.6 Å². The van der Waals surface area contributed by atoms with Crippen LogP contribution in [0.2, 0.25) is 0 Å². The van der Waals surface area contributed by atoms with E-state index in [1.165, 1.54) is 19.1 Å². The molecule has 1 atom stereocenters. The maximum Gasteiger partial charge on any atom is 0.287 e. The minimum atomic E-state index is -0.504. The van der Waals surface area contributed by atoms with Crippen LogP contribution in [0.1, 0.15) is 42.7 Å². The van der Waals surface area contributed by atoms with Gasteiger partial charge in [0.1, 0.15) is 6.04 Å². The van der Waals surface area contributed by atoms with Crippen molar-refractivity contribution in [3.63, 3.8) is 0 Å². The van der Waals surface area contributed by atoms with E-state index in [2.05, 4.69) is 10.6 Å². The van der Waals surface area contributed by atoms with Crippen LogP contribution in [0.5, 0.6) is 0 Å². The molecule has 1 saturated carbocycles. The first kappa shape index (κ1) is 15.9. The van der Waals surface area contributed by atoms with Gasteiger partial charge in [0.2, 0.25) is 5.91 Å². The van der Waals surface area contributed by atoms with Crippen molar-refractivity contribution in [2.24, 2.45) is 0 Å². The summed E-state index contributed by atoms with van der Waals surface area (Å²) in [6.45, 7) is 0. The van der Waals surface area contributed by atoms with Crippen LogP contribution in [0.4, 0.5) is 0 Å². The van der Waals surface area contributed by atoms with E-state index in [1.807, 2.05) is 6.26 Å². The van der Waals surface area contributed by atoms with Crippen LogP contribution in [0.15, 0.2) is 22.8 Å². The Morgan fingerprint density at radius 1 is 1.43 bits per heavy atom. The Kier molecular flexibility index (Phi) is 6.17. The molecule has 1 fully saturated rings. The Labute approximate surface area is 129 Å². The molecule has 0 aromatic carbocycles. The normalized spacial score (nSPS) is 16.6. The van der Waals surface area contributed by atoms with Gasteiger partial charge in [0.15, 0.2) is 5.76 Å². The number of hydrogen-bond acceptors (Lipinski definition) is 4. The predicted molar refractivity (Wildman–Crippen MR) is 83.4 cm³/mol. The monoisotopic (exact) mass is 310 g/mol. The van der Waals surface area contributed by atoms with Gasteiger partial charge in [-0.2, -0.15) is 11.8 Å². The molecule has 0 saturated heterocycles. The molecule has 5 nitrogen and oxygen atoms in total. The zero-order valence-corrected chi connectivity index (χ0v) is 13.1. The molecule has 2 rings (SSSR count). The molecule has 2 amide bonds. The second-order valence-electron chi connectivity index (χ2n) is 5.27. The van der Waals surface area contributed by atoms with Gasteiger partial charge in [-0.3, -0.25) is 9.59 Å². The molecule has 116 valence electrons. The molecule has 1 aromatic rings. The Hall–Kier alpha value is -1.43. The summed E-state index contributed by atoms with van der Waals surface area (Å²) in [6, 6.07) is 3.01. The summed E-state index contributed by atoms with van der Waals surface area (Å²) >= 11 is 1.66. The lowest BCUT2D eigenvalue weighted by Crippen LogP contribution is -2.49. The largest absolute Gasteiger partial charge is 0.459 e. The van der Waals surface area contributed by atoms with Crippen molar-refractivity contribution in [1.29, 1.82) is 0 Å². The van der Waals surface area contributed by atoms with Crippen molar-refractivity contribution in [3.8, 4) is 0 Å². The lowest BCUT2D eigenvalue weighted by atomic mass is 10.1. The third-order valence-electron chi connectivity index (χ3n) is 3.68. The number of carbonyl (C=O) groups excluding carboxylic acids is 2. The topological polar surface area (TPSA) is 71.3 Å². The van der Waals surface area contributed by atoms with Crippen molar-refractivity contribution < 1.29 is 14.0 Å². The highest BCUT2D eigenvalue weighted by molar-refractivity contribution is 7.98. The minimum absolute atomic E-state index is 0.0872. The van der Waals surface area contributed by atoms with Gasteiger partial charge in [-0.1, -0.05) is 12.8 Å². The lowest BCUT2D eigenvalue weighted by molar-refractivity contribution is -0.123. The Bertz CT molecular complexity index is 455. The van der Waals surface area contributed by atoms with Gasteiger partial charge in [-0.05, 0) is 43.4 Å². The van der Waals surface area contributed by atoms with Gasteiger partial charge in [-0.25, -0.2) is 0 Å². The molecule has 0 bridgehead atoms. The highest BCUT2D eigenvalue weighted by Crippen LogP contribution is 2.18. The van der Waals surface area contributed by atoms with E-state index in [4.69, 9.17) is 4.42 Å². The molecule has 0 spiro atoms. The van der Waals surface area contributed by atoms with Gasteiger partial charge < -0.3 is 15.1 Å². The van der Waals surface area contributed by atoms with Crippen LogP contribution in [0.25, 0.3) is 0 Å². The summed E-state index contributed by atoms with van der Waals surface area (Å²) in [5.74, 6) is 0.627. The average Bonchev–Trinajstić information content (AvgIpc) is 3.15. The number of carbonyl (C=O) groups is 2. The number of nitrogens with one attached hydrogen (secondary N) is 2. The number of amides is 2. The van der Waals surface area contributed by atoms with E-state index >= 15 is 0 Å². The van der Waals surface area contributed by atoms with Gasteiger partial charge >= 0.3 is 0 Å². The molecule has 0 aliphatic heterocycles. The maximum absolute atomic E-state index is 12.3. The van der Waals surface area contributed by atoms with Crippen molar-refractivity contribution in [1.82, 2.24) is 10.6 Å². The fourth-order valence-electron chi connectivity index (χ4n) is 2.51. The van der Waals surface area contributed by atoms with Crippen molar-refractivity contribution >= 4 is 23.6 Å². The van der Waals surface area contributed by atoms with Crippen molar-refractivity contribution in [2.75, 3.05) is 12.0 Å². The maximum atomic E-state index is 12.3. The van der Waals surface area contributed by atoms with E-state index in [-0.39, 0.29) is 23.6 Å². The first-order valence-corrected chi connectivity index (χ1v) is 8.73. The highest BCUT2D eigenvalue weighted by Gasteiger charge is 2.25. The summed E-state index contributed by atoms with van der Waals surface area (Å²) in [4.78, 5) is 24.4. The van der Waals surface area contributed by atoms with Gasteiger partial charge in [-0.15, -0.1) is 0 Å². The minimum Gasteiger partial charge on any atom is -0.459 e. The summed E-state index contributed by atoms with van der Waals surface area (Å²) in [5.41, 5.74) is 0.